The molecule has 1 N–H and O–H groups in total. The molecule has 19 heavy (non-hydrogen) atoms. The van der Waals surface area contributed by atoms with E-state index in [1.807, 2.05) is 42.5 Å². The molecule has 2 rings (SSSR count). The predicted molar refractivity (Wildman–Crippen MR) is 71.2 cm³/mol. The average molecular weight is 257 g/mol. The van der Waals surface area contributed by atoms with Crippen LogP contribution in [0.3, 0.4) is 0 Å². The molecule has 4 nitrogen and oxygen atoms in total. The first-order valence-electron chi connectivity index (χ1n) is 6.11. The highest BCUT2D eigenvalue weighted by atomic mass is 16.4. The number of nitrogens with zero attached hydrogens (tertiary/aromatic N) is 1. The molecule has 0 aliphatic carbocycles. The van der Waals surface area contributed by atoms with Crippen molar-refractivity contribution in [3.05, 3.63) is 60.4 Å². The molecule has 0 bridgehead atoms. The molecule has 1 aliphatic rings. The zero-order valence-corrected chi connectivity index (χ0v) is 10.4. The van der Waals surface area contributed by atoms with E-state index >= 15 is 0 Å². The number of hydrogen-bond donors (Lipinski definition) is 1. The smallest absolute Gasteiger partial charge is 0.303 e. The van der Waals surface area contributed by atoms with E-state index in [-0.39, 0.29) is 24.7 Å². The predicted octanol–water partition coefficient (Wildman–Crippen LogP) is 2.50. The first-order chi connectivity index (χ1) is 9.16. The lowest BCUT2D eigenvalue weighted by Gasteiger charge is -2.20. The number of carboxylic acids is 1. The molecule has 0 spiro atoms. The Morgan fingerprint density at radius 3 is 2.26 bits per heavy atom. The number of amides is 1. The quantitative estimate of drug-likeness (QED) is 0.901. The highest BCUT2D eigenvalue weighted by molar-refractivity contribution is 5.82. The van der Waals surface area contributed by atoms with Crippen LogP contribution in [0.5, 0.6) is 0 Å². The Bertz CT molecular complexity index is 505. The third kappa shape index (κ3) is 3.55. The van der Waals surface area contributed by atoms with Gasteiger partial charge in [0.25, 0.3) is 0 Å². The molecule has 1 heterocycles. The van der Waals surface area contributed by atoms with Crippen molar-refractivity contribution in [1.29, 1.82) is 0 Å². The van der Waals surface area contributed by atoms with Crippen molar-refractivity contribution in [1.82, 2.24) is 4.90 Å². The van der Waals surface area contributed by atoms with Crippen molar-refractivity contribution in [3.8, 4) is 0 Å². The number of carboxylic acid groups (broad SMARTS) is 1. The van der Waals surface area contributed by atoms with Gasteiger partial charge in [0, 0.05) is 24.7 Å². The Labute approximate surface area is 111 Å². The minimum atomic E-state index is -0.958. The van der Waals surface area contributed by atoms with E-state index in [0.717, 1.165) is 5.56 Å². The van der Waals surface area contributed by atoms with Crippen LogP contribution in [0, 0.1) is 0 Å². The standard InChI is InChI=1S/C15H15NO3/c17-14(6-7-15(18)19)16-10-8-13(9-11-16)12-4-2-1-3-5-12/h1-5,8-11,13H,6-7H2,(H,18,19). The summed E-state index contributed by atoms with van der Waals surface area (Å²) in [7, 11) is 0. The molecular formula is C15H15NO3. The molecule has 0 fully saturated rings. The number of rotatable bonds is 4. The number of benzene rings is 1. The van der Waals surface area contributed by atoms with Gasteiger partial charge in [-0.25, -0.2) is 0 Å². The normalized spacial score (nSPS) is 14.6. The lowest BCUT2D eigenvalue weighted by molar-refractivity contribution is -0.139. The van der Waals surface area contributed by atoms with Crippen LogP contribution < -0.4 is 0 Å². The van der Waals surface area contributed by atoms with Gasteiger partial charge in [-0.2, -0.15) is 0 Å². The Morgan fingerprint density at radius 2 is 1.68 bits per heavy atom. The van der Waals surface area contributed by atoms with Gasteiger partial charge in [0.15, 0.2) is 0 Å². The van der Waals surface area contributed by atoms with Crippen LogP contribution in [-0.4, -0.2) is 21.9 Å². The van der Waals surface area contributed by atoms with Crippen LogP contribution in [0.15, 0.2) is 54.9 Å². The summed E-state index contributed by atoms with van der Waals surface area (Å²) in [6, 6.07) is 9.97. The highest BCUT2D eigenvalue weighted by Crippen LogP contribution is 2.22. The van der Waals surface area contributed by atoms with Crippen molar-refractivity contribution in [2.75, 3.05) is 0 Å². The zero-order chi connectivity index (χ0) is 13.7. The van der Waals surface area contributed by atoms with Gasteiger partial charge in [0.05, 0.1) is 6.42 Å². The lowest BCUT2D eigenvalue weighted by atomic mass is 9.98. The van der Waals surface area contributed by atoms with Crippen LogP contribution in [0.1, 0.15) is 24.3 Å². The molecule has 98 valence electrons. The average Bonchev–Trinajstić information content (AvgIpc) is 2.46. The number of carbonyl (C=O) groups is 2. The third-order valence-electron chi connectivity index (χ3n) is 2.93. The summed E-state index contributed by atoms with van der Waals surface area (Å²) in [5.41, 5.74) is 1.16. The highest BCUT2D eigenvalue weighted by Gasteiger charge is 2.15. The van der Waals surface area contributed by atoms with Gasteiger partial charge in [-0.05, 0) is 5.56 Å². The lowest BCUT2D eigenvalue weighted by Crippen LogP contribution is -2.22. The van der Waals surface area contributed by atoms with Crippen molar-refractivity contribution in [2.45, 2.75) is 18.8 Å². The van der Waals surface area contributed by atoms with E-state index < -0.39 is 5.97 Å². The number of hydrogen-bond acceptors (Lipinski definition) is 2. The molecule has 1 aliphatic heterocycles. The molecule has 0 saturated heterocycles. The molecule has 1 aromatic carbocycles. The van der Waals surface area contributed by atoms with Crippen molar-refractivity contribution in [2.24, 2.45) is 0 Å². The van der Waals surface area contributed by atoms with E-state index in [1.165, 1.54) is 4.90 Å². The van der Waals surface area contributed by atoms with Gasteiger partial charge >= 0.3 is 5.97 Å². The summed E-state index contributed by atoms with van der Waals surface area (Å²) in [5, 5.41) is 8.54. The number of aliphatic carboxylic acids is 1. The molecule has 4 heteroatoms. The Kier molecular flexibility index (Phi) is 4.13. The molecule has 1 aromatic rings. The van der Waals surface area contributed by atoms with E-state index in [2.05, 4.69) is 0 Å². The minimum absolute atomic E-state index is 0.0139. The summed E-state index contributed by atoms with van der Waals surface area (Å²) >= 11 is 0. The van der Waals surface area contributed by atoms with Crippen LogP contribution in [-0.2, 0) is 9.59 Å². The molecule has 0 atom stereocenters. The fourth-order valence-electron chi connectivity index (χ4n) is 1.89. The number of carbonyl (C=O) groups excluding carboxylic acids is 1. The maximum absolute atomic E-state index is 11.7. The topological polar surface area (TPSA) is 57.6 Å². The molecule has 0 unspecified atom stereocenters. The van der Waals surface area contributed by atoms with Crippen LogP contribution >= 0.6 is 0 Å². The molecular weight excluding hydrogens is 242 g/mol. The maximum atomic E-state index is 11.7. The second kappa shape index (κ2) is 6.00. The van der Waals surface area contributed by atoms with E-state index in [4.69, 9.17) is 5.11 Å². The van der Waals surface area contributed by atoms with E-state index in [1.54, 1.807) is 12.4 Å². The van der Waals surface area contributed by atoms with Crippen molar-refractivity contribution < 1.29 is 14.7 Å². The van der Waals surface area contributed by atoms with Gasteiger partial charge in [0.1, 0.15) is 0 Å². The third-order valence-corrected chi connectivity index (χ3v) is 2.93. The second-order valence-electron chi connectivity index (χ2n) is 4.31. The van der Waals surface area contributed by atoms with Crippen LogP contribution in [0.25, 0.3) is 0 Å². The summed E-state index contributed by atoms with van der Waals surface area (Å²) in [6.45, 7) is 0. The molecule has 0 radical (unpaired) electrons. The van der Waals surface area contributed by atoms with Crippen LogP contribution in [0.2, 0.25) is 0 Å². The summed E-state index contributed by atoms with van der Waals surface area (Å²) in [6.07, 6.45) is 7.12. The van der Waals surface area contributed by atoms with Gasteiger partial charge < -0.3 is 5.11 Å². The van der Waals surface area contributed by atoms with Gasteiger partial charge in [-0.1, -0.05) is 42.5 Å². The number of allylic oxidation sites excluding steroid dienone is 2. The monoisotopic (exact) mass is 257 g/mol. The van der Waals surface area contributed by atoms with Crippen molar-refractivity contribution in [3.63, 3.8) is 0 Å². The summed E-state index contributed by atoms with van der Waals surface area (Å²) < 4.78 is 0. The van der Waals surface area contributed by atoms with Gasteiger partial charge in [0.2, 0.25) is 5.91 Å². The fourth-order valence-corrected chi connectivity index (χ4v) is 1.89. The first kappa shape index (κ1) is 13.1. The summed E-state index contributed by atoms with van der Waals surface area (Å²) in [4.78, 5) is 23.6. The summed E-state index contributed by atoms with van der Waals surface area (Å²) in [5.74, 6) is -1.01. The molecule has 0 saturated carbocycles. The maximum Gasteiger partial charge on any atom is 0.303 e. The Morgan fingerprint density at radius 1 is 1.05 bits per heavy atom. The Hall–Kier alpha value is -2.36. The largest absolute Gasteiger partial charge is 0.481 e. The zero-order valence-electron chi connectivity index (χ0n) is 10.4. The first-order valence-corrected chi connectivity index (χ1v) is 6.11. The molecule has 1 amide bonds. The SMILES string of the molecule is O=C(O)CCC(=O)N1C=CC(c2ccccc2)C=C1. The Balaban J connectivity index is 1.95. The fraction of sp³-hybridized carbons (Fsp3) is 0.200. The van der Waals surface area contributed by atoms with Gasteiger partial charge in [-0.15, -0.1) is 0 Å². The second-order valence-corrected chi connectivity index (χ2v) is 4.31. The minimum Gasteiger partial charge on any atom is -0.481 e. The molecule has 0 aromatic heterocycles. The van der Waals surface area contributed by atoms with E-state index in [9.17, 15) is 9.59 Å². The van der Waals surface area contributed by atoms with E-state index in [0.29, 0.717) is 0 Å². The van der Waals surface area contributed by atoms with Crippen molar-refractivity contribution >= 4 is 11.9 Å². The van der Waals surface area contributed by atoms with Crippen LogP contribution in [0.4, 0.5) is 0 Å². The van der Waals surface area contributed by atoms with Gasteiger partial charge in [-0.3, -0.25) is 14.5 Å².